The van der Waals surface area contributed by atoms with Gasteiger partial charge in [-0.2, -0.15) is 26.3 Å². The Morgan fingerprint density at radius 1 is 0.581 bits per heavy atom. The van der Waals surface area contributed by atoms with Crippen molar-refractivity contribution >= 4 is 33.6 Å². The predicted molar refractivity (Wildman–Crippen MR) is 164 cm³/mol. The minimum atomic E-state index is -5.65. The number of hydrogen-bond acceptors (Lipinski definition) is 4. The molecule has 2 aromatic carbocycles. The number of benzene rings is 2. The Hall–Kier alpha value is -2.46. The SMILES string of the molecule is CC(C)(C)c1cccc(C2=NC3=C4C(=C5N=C(c6cccc(C(C)(C)C)c6)SC5(C)C3(C)S2)C(F)(F)C(F)(F)C4(F)F)c1. The van der Waals surface area contributed by atoms with Gasteiger partial charge in [0.2, 0.25) is 0 Å². The van der Waals surface area contributed by atoms with E-state index >= 15 is 26.3 Å². The molecule has 43 heavy (non-hydrogen) atoms. The molecule has 1 fully saturated rings. The van der Waals surface area contributed by atoms with E-state index in [0.29, 0.717) is 21.2 Å². The van der Waals surface area contributed by atoms with Gasteiger partial charge < -0.3 is 0 Å². The van der Waals surface area contributed by atoms with Gasteiger partial charge in [-0.25, -0.2) is 9.98 Å². The van der Waals surface area contributed by atoms with Gasteiger partial charge in [0, 0.05) is 11.1 Å². The summed E-state index contributed by atoms with van der Waals surface area (Å²) in [5.41, 5.74) is -1.03. The average Bonchev–Trinajstić information content (AvgIpc) is 3.48. The first-order valence-corrected chi connectivity index (χ1v) is 15.6. The van der Waals surface area contributed by atoms with E-state index in [1.165, 1.54) is 0 Å². The van der Waals surface area contributed by atoms with E-state index < -0.39 is 49.8 Å². The first-order valence-electron chi connectivity index (χ1n) is 14.0. The van der Waals surface area contributed by atoms with Crippen molar-refractivity contribution < 1.29 is 26.3 Å². The monoisotopic (exact) mass is 634 g/mol. The second-order valence-corrected chi connectivity index (χ2v) is 16.8. The lowest BCUT2D eigenvalue weighted by Gasteiger charge is -2.44. The van der Waals surface area contributed by atoms with E-state index in [9.17, 15) is 0 Å². The molecule has 4 aliphatic rings. The first kappa shape index (κ1) is 30.6. The van der Waals surface area contributed by atoms with Crippen LogP contribution in [0.3, 0.4) is 0 Å². The van der Waals surface area contributed by atoms with Gasteiger partial charge in [0.1, 0.15) is 10.1 Å². The molecular formula is C33H32F6N2S2. The molecule has 2 nitrogen and oxygen atoms in total. The predicted octanol–water partition coefficient (Wildman–Crippen LogP) is 9.93. The molecule has 2 unspecified atom stereocenters. The van der Waals surface area contributed by atoms with Gasteiger partial charge in [0.15, 0.2) is 0 Å². The smallest absolute Gasteiger partial charge is 0.244 e. The Bertz CT molecular complexity index is 1580. The van der Waals surface area contributed by atoms with Crippen molar-refractivity contribution in [3.05, 3.63) is 93.3 Å². The van der Waals surface area contributed by atoms with Crippen molar-refractivity contribution in [2.75, 3.05) is 0 Å². The molecule has 0 bridgehead atoms. The van der Waals surface area contributed by atoms with Crippen LogP contribution >= 0.6 is 23.5 Å². The number of fused-ring (bicyclic) bond motifs is 4. The van der Waals surface area contributed by atoms with Crippen molar-refractivity contribution in [1.82, 2.24) is 0 Å². The number of thioether (sulfide) groups is 2. The molecule has 0 amide bonds. The fourth-order valence-corrected chi connectivity index (χ4v) is 8.88. The zero-order chi connectivity index (χ0) is 31.8. The van der Waals surface area contributed by atoms with E-state index in [1.807, 2.05) is 77.9 Å². The van der Waals surface area contributed by atoms with Crippen molar-refractivity contribution in [1.29, 1.82) is 0 Å². The molecule has 1 saturated carbocycles. The van der Waals surface area contributed by atoms with Crippen LogP contribution in [-0.4, -0.2) is 37.3 Å². The molecule has 0 saturated heterocycles. The maximum absolute atomic E-state index is 15.6. The molecule has 2 aromatic rings. The molecule has 228 valence electrons. The lowest BCUT2D eigenvalue weighted by Crippen LogP contribution is -2.49. The fraction of sp³-hybridized carbons (Fsp3) is 0.455. The topological polar surface area (TPSA) is 24.7 Å². The highest BCUT2D eigenvalue weighted by atomic mass is 32.2. The molecule has 0 radical (unpaired) electrons. The lowest BCUT2D eigenvalue weighted by molar-refractivity contribution is -0.258. The van der Waals surface area contributed by atoms with Crippen LogP contribution < -0.4 is 0 Å². The van der Waals surface area contributed by atoms with Gasteiger partial charge in [-0.15, -0.1) is 0 Å². The van der Waals surface area contributed by atoms with E-state index in [1.54, 1.807) is 26.0 Å². The van der Waals surface area contributed by atoms with Crippen molar-refractivity contribution in [2.24, 2.45) is 9.98 Å². The quantitative estimate of drug-likeness (QED) is 0.307. The first-order chi connectivity index (χ1) is 19.6. The number of rotatable bonds is 2. The Balaban J connectivity index is 1.61. The van der Waals surface area contributed by atoms with Crippen molar-refractivity contribution in [2.45, 2.75) is 93.5 Å². The molecule has 0 spiro atoms. The summed E-state index contributed by atoms with van der Waals surface area (Å²) in [7, 11) is 0. The minimum absolute atomic E-state index is 0.236. The molecule has 2 heterocycles. The van der Waals surface area contributed by atoms with Crippen LogP contribution in [0.25, 0.3) is 0 Å². The zero-order valence-electron chi connectivity index (χ0n) is 25.1. The summed E-state index contributed by atoms with van der Waals surface area (Å²) in [5, 5.41) is 0.632. The van der Waals surface area contributed by atoms with Gasteiger partial charge in [0.25, 0.3) is 0 Å². The summed E-state index contributed by atoms with van der Waals surface area (Å²) in [5.74, 6) is -16.0. The summed E-state index contributed by atoms with van der Waals surface area (Å²) in [6.45, 7) is 15.4. The largest absolute Gasteiger partial charge is 0.380 e. The second-order valence-electron chi connectivity index (χ2n) is 13.9. The second kappa shape index (κ2) is 8.83. The maximum atomic E-state index is 15.6. The van der Waals surface area contributed by atoms with E-state index in [2.05, 4.69) is 9.98 Å². The third-order valence-electron chi connectivity index (χ3n) is 8.93. The third kappa shape index (κ3) is 3.97. The molecule has 10 heteroatoms. The normalized spacial score (nSPS) is 28.9. The highest BCUT2D eigenvalue weighted by Gasteiger charge is 2.85. The van der Waals surface area contributed by atoms with Gasteiger partial charge >= 0.3 is 17.8 Å². The highest BCUT2D eigenvalue weighted by Crippen LogP contribution is 2.73. The summed E-state index contributed by atoms with van der Waals surface area (Å²) < 4.78 is 89.9. The van der Waals surface area contributed by atoms with Crippen molar-refractivity contribution in [3.63, 3.8) is 0 Å². The Morgan fingerprint density at radius 3 is 1.26 bits per heavy atom. The third-order valence-corrected chi connectivity index (χ3v) is 12.1. The lowest BCUT2D eigenvalue weighted by atomic mass is 9.77. The minimum Gasteiger partial charge on any atom is -0.244 e. The Morgan fingerprint density at radius 2 is 0.930 bits per heavy atom. The molecule has 2 aliphatic heterocycles. The van der Waals surface area contributed by atoms with Crippen LogP contribution in [-0.2, 0) is 10.8 Å². The maximum Gasteiger partial charge on any atom is 0.380 e. The van der Waals surface area contributed by atoms with Gasteiger partial charge in [0.05, 0.1) is 32.0 Å². The van der Waals surface area contributed by atoms with E-state index in [4.69, 9.17) is 0 Å². The van der Waals surface area contributed by atoms with Crippen LogP contribution in [0.1, 0.15) is 77.6 Å². The van der Waals surface area contributed by atoms with Crippen LogP contribution in [0.15, 0.2) is 81.1 Å². The van der Waals surface area contributed by atoms with Crippen molar-refractivity contribution in [3.8, 4) is 0 Å². The summed E-state index contributed by atoms with van der Waals surface area (Å²) in [6, 6.07) is 14.8. The number of halogens is 6. The molecule has 6 rings (SSSR count). The van der Waals surface area contributed by atoms with E-state index in [-0.39, 0.29) is 10.8 Å². The van der Waals surface area contributed by atoms with Gasteiger partial charge in [-0.1, -0.05) is 101 Å². The summed E-state index contributed by atoms with van der Waals surface area (Å²) in [6.07, 6.45) is 0. The summed E-state index contributed by atoms with van der Waals surface area (Å²) in [4.78, 5) is 9.02. The number of hydrogen-bond donors (Lipinski definition) is 0. The summed E-state index contributed by atoms with van der Waals surface area (Å²) >= 11 is 2.28. The zero-order valence-corrected chi connectivity index (χ0v) is 26.7. The Labute approximate surface area is 256 Å². The van der Waals surface area contributed by atoms with Crippen LogP contribution in [0.2, 0.25) is 0 Å². The van der Waals surface area contributed by atoms with Crippen LogP contribution in [0.4, 0.5) is 26.3 Å². The van der Waals surface area contributed by atoms with Crippen LogP contribution in [0, 0.1) is 0 Å². The molecule has 2 atom stereocenters. The molecule has 2 aliphatic carbocycles. The fourth-order valence-electron chi connectivity index (χ4n) is 6.02. The number of allylic oxidation sites excluding steroid dienone is 2. The number of alkyl halides is 6. The van der Waals surface area contributed by atoms with Gasteiger partial charge in [-0.05, 0) is 47.9 Å². The van der Waals surface area contributed by atoms with Crippen LogP contribution in [0.5, 0.6) is 0 Å². The molecular weight excluding hydrogens is 602 g/mol. The standard InChI is InChI=1S/C33H32F6N2S2/c1-27(2,3)19-13-9-11-17(15-19)25-40-23-21-22(32(36,37)33(38,39)31(21,34)35)24-30(8,29(23,7)42-25)43-26(41-24)18-12-10-14-20(16-18)28(4,5)6/h9-16H,1-8H3. The van der Waals surface area contributed by atoms with Gasteiger partial charge in [-0.3, -0.25) is 0 Å². The number of aliphatic imine (C=N–C) groups is 2. The highest BCUT2D eigenvalue weighted by molar-refractivity contribution is 8.20. The molecule has 0 N–H and O–H groups in total. The number of nitrogens with zero attached hydrogens (tertiary/aromatic N) is 2. The molecule has 0 aromatic heterocycles. The average molecular weight is 635 g/mol. The Kier molecular flexibility index (Phi) is 6.28. The van der Waals surface area contributed by atoms with E-state index in [0.717, 1.165) is 34.7 Å².